The van der Waals surface area contributed by atoms with Crippen LogP contribution in [-0.4, -0.2) is 23.5 Å². The van der Waals surface area contributed by atoms with E-state index in [-0.39, 0.29) is 17.9 Å². The van der Waals surface area contributed by atoms with Crippen LogP contribution in [0.3, 0.4) is 0 Å². The number of carbonyl (C=O) groups excluding carboxylic acids is 2. The lowest BCUT2D eigenvalue weighted by atomic mass is 9.66. The molecule has 0 N–H and O–H groups in total. The molecule has 1 aromatic carbocycles. The number of hydrogen-bond acceptors (Lipinski definition) is 3. The Balaban J connectivity index is 1.80. The quantitative estimate of drug-likeness (QED) is 0.749. The van der Waals surface area contributed by atoms with E-state index in [1.54, 1.807) is 0 Å². The van der Waals surface area contributed by atoms with E-state index in [9.17, 15) is 9.59 Å². The molecule has 1 aliphatic carbocycles. The minimum absolute atomic E-state index is 0.0467. The van der Waals surface area contributed by atoms with Crippen molar-refractivity contribution in [2.24, 2.45) is 10.8 Å². The second-order valence-electron chi connectivity index (χ2n) is 8.03. The number of rotatable bonds is 1. The van der Waals surface area contributed by atoms with Crippen molar-refractivity contribution >= 4 is 17.6 Å². The molecule has 122 valence electrons. The monoisotopic (exact) mass is 313 g/mol. The van der Waals surface area contributed by atoms with Gasteiger partial charge in [-0.1, -0.05) is 32.0 Å². The number of para-hydroxylation sites is 1. The van der Waals surface area contributed by atoms with Gasteiger partial charge in [0, 0.05) is 17.1 Å². The van der Waals surface area contributed by atoms with E-state index in [0.29, 0.717) is 12.8 Å². The Kier molecular flexibility index (Phi) is 2.67. The SMILES string of the molecule is C[C@@H]1Cc2ccccc2N1C(=O)[C@]12CC[C@@](C)(C(=O)O1)C2(C)C. The molecule has 0 unspecified atom stereocenters. The van der Waals surface area contributed by atoms with Crippen LogP contribution in [0.2, 0.25) is 0 Å². The van der Waals surface area contributed by atoms with Crippen LogP contribution in [-0.2, 0) is 20.7 Å². The largest absolute Gasteiger partial charge is 0.448 e. The predicted octanol–water partition coefficient (Wildman–Crippen LogP) is 3.09. The fourth-order valence-corrected chi connectivity index (χ4v) is 4.79. The van der Waals surface area contributed by atoms with Gasteiger partial charge in [-0.25, -0.2) is 0 Å². The summed E-state index contributed by atoms with van der Waals surface area (Å²) >= 11 is 0. The lowest BCUT2D eigenvalue weighted by Gasteiger charge is -2.39. The van der Waals surface area contributed by atoms with Gasteiger partial charge in [0.15, 0.2) is 5.60 Å². The Hall–Kier alpha value is -1.84. The first kappa shape index (κ1) is 14.7. The standard InChI is InChI=1S/C19H23NO3/c1-12-11-13-7-5-6-8-14(13)20(12)15(21)19-10-9-18(4,16(22)23-19)17(19,2)3/h5-8,12H,9-11H2,1-4H3/t12-,18+,19+/m1/s1. The zero-order valence-corrected chi connectivity index (χ0v) is 14.2. The second-order valence-corrected chi connectivity index (χ2v) is 8.03. The predicted molar refractivity (Wildman–Crippen MR) is 87.0 cm³/mol. The van der Waals surface area contributed by atoms with E-state index in [1.807, 2.05) is 43.9 Å². The maximum Gasteiger partial charge on any atom is 0.313 e. The molecule has 2 heterocycles. The molecule has 1 aromatic rings. The van der Waals surface area contributed by atoms with Crippen LogP contribution in [0.4, 0.5) is 5.69 Å². The minimum Gasteiger partial charge on any atom is -0.448 e. The average molecular weight is 313 g/mol. The van der Waals surface area contributed by atoms with Crippen molar-refractivity contribution in [3.05, 3.63) is 29.8 Å². The van der Waals surface area contributed by atoms with Crippen LogP contribution in [0.5, 0.6) is 0 Å². The van der Waals surface area contributed by atoms with Crippen LogP contribution in [0.15, 0.2) is 24.3 Å². The van der Waals surface area contributed by atoms with Gasteiger partial charge in [-0.2, -0.15) is 0 Å². The summed E-state index contributed by atoms with van der Waals surface area (Å²) in [4.78, 5) is 27.8. The molecule has 23 heavy (non-hydrogen) atoms. The molecule has 4 heteroatoms. The molecular weight excluding hydrogens is 290 g/mol. The number of nitrogens with zero attached hydrogens (tertiary/aromatic N) is 1. The fraction of sp³-hybridized carbons (Fsp3) is 0.579. The summed E-state index contributed by atoms with van der Waals surface area (Å²) in [6.07, 6.45) is 2.19. The zero-order chi connectivity index (χ0) is 16.6. The van der Waals surface area contributed by atoms with E-state index in [4.69, 9.17) is 4.74 Å². The number of ether oxygens (including phenoxy) is 1. The summed E-state index contributed by atoms with van der Waals surface area (Å²) in [6.45, 7) is 8.02. The van der Waals surface area contributed by atoms with Gasteiger partial charge < -0.3 is 9.64 Å². The lowest BCUT2D eigenvalue weighted by Crippen LogP contribution is -2.56. The van der Waals surface area contributed by atoms with Crippen molar-refractivity contribution < 1.29 is 14.3 Å². The third-order valence-corrected chi connectivity index (χ3v) is 6.86. The summed E-state index contributed by atoms with van der Waals surface area (Å²) < 4.78 is 5.77. The van der Waals surface area contributed by atoms with Crippen molar-refractivity contribution in [3.8, 4) is 0 Å². The van der Waals surface area contributed by atoms with E-state index in [2.05, 4.69) is 13.0 Å². The van der Waals surface area contributed by atoms with E-state index in [1.165, 1.54) is 5.56 Å². The van der Waals surface area contributed by atoms with E-state index >= 15 is 0 Å². The summed E-state index contributed by atoms with van der Waals surface area (Å²) in [5.41, 5.74) is 0.0700. The van der Waals surface area contributed by atoms with Crippen molar-refractivity contribution in [3.63, 3.8) is 0 Å². The number of amides is 1. The van der Waals surface area contributed by atoms with E-state index < -0.39 is 16.4 Å². The van der Waals surface area contributed by atoms with Crippen LogP contribution >= 0.6 is 0 Å². The summed E-state index contributed by atoms with van der Waals surface area (Å²) in [7, 11) is 0. The van der Waals surface area contributed by atoms with E-state index in [0.717, 1.165) is 12.1 Å². The Morgan fingerprint density at radius 3 is 2.52 bits per heavy atom. The van der Waals surface area contributed by atoms with Gasteiger partial charge in [-0.3, -0.25) is 9.59 Å². The summed E-state index contributed by atoms with van der Waals surface area (Å²) in [6, 6.07) is 8.12. The molecule has 2 fully saturated rings. The molecule has 0 radical (unpaired) electrons. The van der Waals surface area contributed by atoms with Crippen molar-refractivity contribution in [2.75, 3.05) is 4.90 Å². The molecule has 0 aromatic heterocycles. The van der Waals surface area contributed by atoms with Crippen molar-refractivity contribution in [2.45, 2.75) is 58.6 Å². The molecule has 1 amide bonds. The fourth-order valence-electron chi connectivity index (χ4n) is 4.79. The van der Waals surface area contributed by atoms with Gasteiger partial charge in [0.1, 0.15) is 0 Å². The molecule has 3 aliphatic rings. The van der Waals surface area contributed by atoms with Crippen LogP contribution in [0.25, 0.3) is 0 Å². The topological polar surface area (TPSA) is 46.6 Å². The minimum atomic E-state index is -1.02. The third-order valence-electron chi connectivity index (χ3n) is 6.86. The third kappa shape index (κ3) is 1.47. The highest BCUT2D eigenvalue weighted by Gasteiger charge is 2.76. The van der Waals surface area contributed by atoms with Gasteiger partial charge in [0.2, 0.25) is 0 Å². The number of anilines is 1. The molecule has 3 atom stereocenters. The maximum atomic E-state index is 13.6. The Bertz CT molecular complexity index is 725. The van der Waals surface area contributed by atoms with Gasteiger partial charge in [-0.05, 0) is 44.7 Å². The number of carbonyl (C=O) groups is 2. The van der Waals surface area contributed by atoms with Gasteiger partial charge in [0.25, 0.3) is 5.91 Å². The van der Waals surface area contributed by atoms with Crippen molar-refractivity contribution in [1.82, 2.24) is 0 Å². The molecule has 1 saturated heterocycles. The molecule has 4 rings (SSSR count). The highest BCUT2D eigenvalue weighted by Crippen LogP contribution is 2.66. The summed E-state index contributed by atoms with van der Waals surface area (Å²) in [5, 5.41) is 0. The highest BCUT2D eigenvalue weighted by atomic mass is 16.6. The number of fused-ring (bicyclic) bond motifs is 3. The first-order chi connectivity index (χ1) is 10.7. The Morgan fingerprint density at radius 2 is 1.91 bits per heavy atom. The number of esters is 1. The normalized spacial score (nSPS) is 37.0. The Morgan fingerprint density at radius 1 is 1.22 bits per heavy atom. The number of benzene rings is 1. The molecule has 2 bridgehead atoms. The van der Waals surface area contributed by atoms with Gasteiger partial charge in [0.05, 0.1) is 5.41 Å². The Labute approximate surface area is 136 Å². The lowest BCUT2D eigenvalue weighted by molar-refractivity contribution is -0.167. The second kappa shape index (κ2) is 4.16. The molecule has 0 spiro atoms. The van der Waals surface area contributed by atoms with Crippen LogP contribution in [0, 0.1) is 10.8 Å². The van der Waals surface area contributed by atoms with Crippen molar-refractivity contribution in [1.29, 1.82) is 0 Å². The zero-order valence-electron chi connectivity index (χ0n) is 14.2. The maximum absolute atomic E-state index is 13.6. The highest BCUT2D eigenvalue weighted by molar-refractivity contribution is 6.06. The van der Waals surface area contributed by atoms with Crippen LogP contribution < -0.4 is 4.90 Å². The smallest absolute Gasteiger partial charge is 0.313 e. The average Bonchev–Trinajstić information content (AvgIpc) is 2.99. The molecule has 1 saturated carbocycles. The first-order valence-corrected chi connectivity index (χ1v) is 8.40. The van der Waals surface area contributed by atoms with Gasteiger partial charge in [-0.15, -0.1) is 0 Å². The molecule has 4 nitrogen and oxygen atoms in total. The number of hydrogen-bond donors (Lipinski definition) is 0. The van der Waals surface area contributed by atoms with Crippen LogP contribution in [0.1, 0.15) is 46.1 Å². The summed E-state index contributed by atoms with van der Waals surface area (Å²) in [5.74, 6) is -0.267. The molecule has 2 aliphatic heterocycles. The first-order valence-electron chi connectivity index (χ1n) is 8.40. The molecular formula is C19H23NO3. The van der Waals surface area contributed by atoms with Gasteiger partial charge >= 0.3 is 5.97 Å².